The van der Waals surface area contributed by atoms with Gasteiger partial charge in [-0.15, -0.1) is 0 Å². The second kappa shape index (κ2) is 6.61. The Morgan fingerprint density at radius 2 is 1.67 bits per heavy atom. The molecule has 116 valence electrons. The highest BCUT2D eigenvalue weighted by molar-refractivity contribution is 7.89. The van der Waals surface area contributed by atoms with Crippen molar-refractivity contribution < 1.29 is 22.4 Å². The molecule has 1 rings (SSSR count). The molecule has 8 nitrogen and oxygen atoms in total. The first-order chi connectivity index (χ1) is 9.68. The molecule has 0 saturated carbocycles. The summed E-state index contributed by atoms with van der Waals surface area (Å²) in [5.41, 5.74) is 15.2. The van der Waals surface area contributed by atoms with Crippen molar-refractivity contribution >= 4 is 21.8 Å². The Bertz CT molecular complexity index is 646. The summed E-state index contributed by atoms with van der Waals surface area (Å²) in [7, 11) is -4.23. The summed E-state index contributed by atoms with van der Waals surface area (Å²) in [4.78, 5) is 21.5. The van der Waals surface area contributed by atoms with Crippen LogP contribution in [-0.2, 0) is 26.2 Å². The van der Waals surface area contributed by atoms with E-state index >= 15 is 0 Å². The van der Waals surface area contributed by atoms with E-state index in [0.717, 1.165) is 18.2 Å². The topological polar surface area (TPSA) is 150 Å². The van der Waals surface area contributed by atoms with Crippen LogP contribution in [0.1, 0.15) is 5.56 Å². The number of amides is 2. The lowest BCUT2D eigenvalue weighted by Gasteiger charge is -2.19. The Morgan fingerprint density at radius 3 is 2.10 bits per heavy atom. The van der Waals surface area contributed by atoms with Crippen LogP contribution in [0.5, 0.6) is 0 Å². The molecular weight excluding hydrogens is 303 g/mol. The molecule has 0 spiro atoms. The normalized spacial score (nSPS) is 11.6. The van der Waals surface area contributed by atoms with E-state index in [-0.39, 0.29) is 17.0 Å². The standard InChI is InChI=1S/C11H15FN4O4S/c12-9-2-1-8(3-7(9)4-13)21(19,20)16(5-10(14)17)6-11(15)18/h1-3H,4-6,13H2,(H2,14,17)(H2,15,18). The summed E-state index contributed by atoms with van der Waals surface area (Å²) in [6.45, 7) is -1.65. The zero-order chi connectivity index (χ0) is 16.2. The Morgan fingerprint density at radius 1 is 1.14 bits per heavy atom. The molecule has 0 unspecified atom stereocenters. The van der Waals surface area contributed by atoms with Crippen LogP contribution in [0.4, 0.5) is 4.39 Å². The number of primary amides is 2. The summed E-state index contributed by atoms with van der Waals surface area (Å²) in [6, 6.07) is 2.96. The number of carbonyl (C=O) groups is 2. The number of nitrogens with two attached hydrogens (primary N) is 3. The maximum absolute atomic E-state index is 13.3. The Labute approximate surface area is 120 Å². The summed E-state index contributed by atoms with van der Waals surface area (Å²) in [6.07, 6.45) is 0. The van der Waals surface area contributed by atoms with Crippen molar-refractivity contribution in [3.8, 4) is 0 Å². The van der Waals surface area contributed by atoms with Crippen molar-refractivity contribution in [3.63, 3.8) is 0 Å². The van der Waals surface area contributed by atoms with E-state index in [1.54, 1.807) is 0 Å². The van der Waals surface area contributed by atoms with Crippen molar-refractivity contribution in [2.45, 2.75) is 11.4 Å². The zero-order valence-electron chi connectivity index (χ0n) is 11.0. The number of halogens is 1. The van der Waals surface area contributed by atoms with E-state index in [9.17, 15) is 22.4 Å². The van der Waals surface area contributed by atoms with Gasteiger partial charge in [0.2, 0.25) is 21.8 Å². The number of benzene rings is 1. The second-order valence-corrected chi connectivity index (χ2v) is 6.10. The molecule has 0 bridgehead atoms. The molecule has 0 atom stereocenters. The van der Waals surface area contributed by atoms with Gasteiger partial charge in [0.1, 0.15) is 5.82 Å². The Hall–Kier alpha value is -2.04. The van der Waals surface area contributed by atoms with E-state index < -0.39 is 40.7 Å². The lowest BCUT2D eigenvalue weighted by atomic mass is 10.2. The predicted molar refractivity (Wildman–Crippen MR) is 71.4 cm³/mol. The van der Waals surface area contributed by atoms with Crippen molar-refractivity contribution in [2.75, 3.05) is 13.1 Å². The fraction of sp³-hybridized carbons (Fsp3) is 0.273. The highest BCUT2D eigenvalue weighted by Crippen LogP contribution is 2.18. The lowest BCUT2D eigenvalue weighted by Crippen LogP contribution is -2.43. The molecule has 2 amide bonds. The first-order valence-corrected chi connectivity index (χ1v) is 7.17. The van der Waals surface area contributed by atoms with Crippen molar-refractivity contribution in [1.29, 1.82) is 0 Å². The zero-order valence-corrected chi connectivity index (χ0v) is 11.8. The molecular formula is C11H15FN4O4S. The number of nitrogens with zero attached hydrogens (tertiary/aromatic N) is 1. The van der Waals surface area contributed by atoms with Gasteiger partial charge in [-0.2, -0.15) is 4.31 Å². The van der Waals surface area contributed by atoms with Gasteiger partial charge in [0, 0.05) is 12.1 Å². The number of carbonyl (C=O) groups excluding carboxylic acids is 2. The van der Waals surface area contributed by atoms with E-state index in [0.29, 0.717) is 4.31 Å². The van der Waals surface area contributed by atoms with Crippen LogP contribution in [0, 0.1) is 5.82 Å². The van der Waals surface area contributed by atoms with Crippen LogP contribution in [0.25, 0.3) is 0 Å². The average molecular weight is 318 g/mol. The maximum Gasteiger partial charge on any atom is 0.244 e. The van der Waals surface area contributed by atoms with Crippen molar-refractivity contribution in [2.24, 2.45) is 17.2 Å². The van der Waals surface area contributed by atoms with Crippen molar-refractivity contribution in [3.05, 3.63) is 29.6 Å². The first-order valence-electron chi connectivity index (χ1n) is 5.73. The van der Waals surface area contributed by atoms with Gasteiger partial charge in [-0.25, -0.2) is 12.8 Å². The molecule has 0 aliphatic heterocycles. The number of hydrogen-bond acceptors (Lipinski definition) is 5. The average Bonchev–Trinajstić information content (AvgIpc) is 2.37. The van der Waals surface area contributed by atoms with Gasteiger partial charge in [0.25, 0.3) is 0 Å². The summed E-state index contributed by atoms with van der Waals surface area (Å²) in [5.74, 6) is -2.57. The minimum atomic E-state index is -4.23. The van der Waals surface area contributed by atoms with Crippen LogP contribution in [0.3, 0.4) is 0 Å². The van der Waals surface area contributed by atoms with E-state index in [1.807, 2.05) is 0 Å². The van der Waals surface area contributed by atoms with Crippen molar-refractivity contribution in [1.82, 2.24) is 4.31 Å². The molecule has 0 heterocycles. The minimum absolute atomic E-state index is 0.0193. The molecule has 1 aromatic rings. The van der Waals surface area contributed by atoms with E-state index in [1.165, 1.54) is 0 Å². The number of hydrogen-bond donors (Lipinski definition) is 3. The third-order valence-corrected chi connectivity index (χ3v) is 4.33. The fourth-order valence-corrected chi connectivity index (χ4v) is 3.01. The minimum Gasteiger partial charge on any atom is -0.369 e. The third kappa shape index (κ3) is 4.21. The number of sulfonamides is 1. The van der Waals surface area contributed by atoms with Gasteiger partial charge in [0.05, 0.1) is 18.0 Å². The molecule has 0 radical (unpaired) electrons. The second-order valence-electron chi connectivity index (χ2n) is 4.16. The summed E-state index contributed by atoms with van der Waals surface area (Å²) in [5, 5.41) is 0. The summed E-state index contributed by atoms with van der Waals surface area (Å²) < 4.78 is 38.5. The van der Waals surface area contributed by atoms with Gasteiger partial charge in [-0.1, -0.05) is 0 Å². The predicted octanol–water partition coefficient (Wildman–Crippen LogP) is -1.75. The van der Waals surface area contributed by atoms with Crippen LogP contribution in [0.2, 0.25) is 0 Å². The Kier molecular flexibility index (Phi) is 5.35. The van der Waals surface area contributed by atoms with E-state index in [4.69, 9.17) is 17.2 Å². The highest BCUT2D eigenvalue weighted by atomic mass is 32.2. The maximum atomic E-state index is 13.3. The third-order valence-electron chi connectivity index (χ3n) is 2.54. The van der Waals surface area contributed by atoms with Gasteiger partial charge >= 0.3 is 0 Å². The molecule has 10 heteroatoms. The smallest absolute Gasteiger partial charge is 0.244 e. The number of rotatable bonds is 7. The summed E-state index contributed by atoms with van der Waals surface area (Å²) >= 11 is 0. The molecule has 0 fully saturated rings. The Balaban J connectivity index is 3.27. The molecule has 0 saturated heterocycles. The van der Waals surface area contributed by atoms with Gasteiger partial charge in [-0.05, 0) is 18.2 Å². The quantitative estimate of drug-likeness (QED) is 0.544. The van der Waals surface area contributed by atoms with Crippen LogP contribution in [-0.4, -0.2) is 37.6 Å². The van der Waals surface area contributed by atoms with Gasteiger partial charge in [0.15, 0.2) is 0 Å². The molecule has 6 N–H and O–H groups in total. The SMILES string of the molecule is NCc1cc(S(=O)(=O)N(CC(N)=O)CC(N)=O)ccc1F. The molecule has 1 aromatic carbocycles. The van der Waals surface area contributed by atoms with Crippen LogP contribution >= 0.6 is 0 Å². The van der Waals surface area contributed by atoms with Crippen LogP contribution in [0.15, 0.2) is 23.1 Å². The molecule has 0 aliphatic carbocycles. The van der Waals surface area contributed by atoms with Crippen LogP contribution < -0.4 is 17.2 Å². The van der Waals surface area contributed by atoms with Gasteiger partial charge < -0.3 is 17.2 Å². The first kappa shape index (κ1) is 17.0. The molecule has 0 aliphatic rings. The monoisotopic (exact) mass is 318 g/mol. The largest absolute Gasteiger partial charge is 0.369 e. The van der Waals surface area contributed by atoms with E-state index in [2.05, 4.69) is 0 Å². The fourth-order valence-electron chi connectivity index (χ4n) is 1.59. The molecule has 21 heavy (non-hydrogen) atoms. The molecule has 0 aromatic heterocycles. The lowest BCUT2D eigenvalue weighted by molar-refractivity contribution is -0.120. The van der Waals surface area contributed by atoms with Gasteiger partial charge in [-0.3, -0.25) is 9.59 Å². The highest BCUT2D eigenvalue weighted by Gasteiger charge is 2.28.